The van der Waals surface area contributed by atoms with E-state index >= 15 is 0 Å². The zero-order valence-corrected chi connectivity index (χ0v) is 16.2. The number of carbonyl (C=O) groups excluding carboxylic acids is 1. The molecular formula is C23H26N2O2. The monoisotopic (exact) mass is 362 g/mol. The van der Waals surface area contributed by atoms with Crippen LogP contribution in [0.5, 0.6) is 5.75 Å². The van der Waals surface area contributed by atoms with E-state index in [1.165, 1.54) is 16.6 Å². The number of aromatic amines is 1. The molecule has 2 aromatic carbocycles. The molecule has 1 aromatic heterocycles. The maximum Gasteiger partial charge on any atom is 0.254 e. The minimum absolute atomic E-state index is 0.149. The summed E-state index contributed by atoms with van der Waals surface area (Å²) in [6.07, 6.45) is 2.98. The summed E-state index contributed by atoms with van der Waals surface area (Å²) in [4.78, 5) is 18.6. The molecule has 1 N–H and O–H groups in total. The molecule has 1 aliphatic heterocycles. The second-order valence-corrected chi connectivity index (χ2v) is 7.51. The van der Waals surface area contributed by atoms with Crippen LogP contribution in [0, 0.1) is 13.8 Å². The van der Waals surface area contributed by atoms with Crippen molar-refractivity contribution in [2.75, 3.05) is 13.7 Å². The van der Waals surface area contributed by atoms with Gasteiger partial charge in [-0.2, -0.15) is 0 Å². The van der Waals surface area contributed by atoms with Crippen LogP contribution in [-0.4, -0.2) is 35.5 Å². The fraction of sp³-hybridized carbons (Fsp3) is 0.348. The van der Waals surface area contributed by atoms with Crippen LogP contribution in [0.3, 0.4) is 0 Å². The first kappa shape index (κ1) is 17.7. The molecule has 140 valence electrons. The molecular weight excluding hydrogens is 336 g/mol. The van der Waals surface area contributed by atoms with Crippen molar-refractivity contribution in [1.29, 1.82) is 0 Å². The number of fused-ring (bicyclic) bond motifs is 1. The number of amides is 1. The number of nitrogens with zero attached hydrogens (tertiary/aromatic N) is 1. The standard InChI is InChI=1S/C23H26N2O2/c1-15-6-4-7-17(12-15)23(26)25-11-5-8-18(25)13-20-16(2)24-22-10-9-19(27-3)14-21(20)22/h4,6-7,9-10,12,14,18,24H,5,8,11,13H2,1-3H3. The highest BCUT2D eigenvalue weighted by Crippen LogP contribution is 2.31. The van der Waals surface area contributed by atoms with E-state index in [9.17, 15) is 4.79 Å². The molecule has 1 saturated heterocycles. The average molecular weight is 362 g/mol. The smallest absolute Gasteiger partial charge is 0.254 e. The molecule has 1 aliphatic rings. The third-order valence-corrected chi connectivity index (χ3v) is 5.67. The van der Waals surface area contributed by atoms with E-state index in [-0.39, 0.29) is 11.9 Å². The summed E-state index contributed by atoms with van der Waals surface area (Å²) in [5.41, 5.74) is 5.50. The van der Waals surface area contributed by atoms with Gasteiger partial charge in [-0.3, -0.25) is 4.79 Å². The second kappa shape index (κ2) is 7.10. The Kier molecular flexibility index (Phi) is 4.65. The summed E-state index contributed by atoms with van der Waals surface area (Å²) in [7, 11) is 1.69. The Balaban J connectivity index is 1.63. The highest BCUT2D eigenvalue weighted by molar-refractivity contribution is 5.95. The molecule has 4 nitrogen and oxygen atoms in total. The number of aromatic nitrogens is 1. The summed E-state index contributed by atoms with van der Waals surface area (Å²) < 4.78 is 5.41. The maximum atomic E-state index is 13.1. The van der Waals surface area contributed by atoms with E-state index in [0.717, 1.165) is 48.2 Å². The number of methoxy groups -OCH3 is 1. The number of aryl methyl sites for hydroxylation is 2. The Hall–Kier alpha value is -2.75. The first-order valence-electron chi connectivity index (χ1n) is 9.59. The Morgan fingerprint density at radius 1 is 1.22 bits per heavy atom. The molecule has 1 amide bonds. The van der Waals surface area contributed by atoms with E-state index in [1.54, 1.807) is 7.11 Å². The summed E-state index contributed by atoms with van der Waals surface area (Å²) in [6, 6.07) is 14.3. The Labute approximate surface area is 160 Å². The van der Waals surface area contributed by atoms with Crippen molar-refractivity contribution in [2.45, 2.75) is 39.2 Å². The van der Waals surface area contributed by atoms with Crippen LogP contribution in [0.2, 0.25) is 0 Å². The lowest BCUT2D eigenvalue weighted by Crippen LogP contribution is -2.36. The predicted molar refractivity (Wildman–Crippen MR) is 109 cm³/mol. The largest absolute Gasteiger partial charge is 0.497 e. The number of carbonyl (C=O) groups is 1. The molecule has 0 aliphatic carbocycles. The topological polar surface area (TPSA) is 45.3 Å². The van der Waals surface area contributed by atoms with Gasteiger partial charge in [0.15, 0.2) is 0 Å². The Morgan fingerprint density at radius 3 is 2.85 bits per heavy atom. The number of hydrogen-bond acceptors (Lipinski definition) is 2. The molecule has 27 heavy (non-hydrogen) atoms. The normalized spacial score (nSPS) is 16.9. The number of ether oxygens (including phenoxy) is 1. The average Bonchev–Trinajstić information content (AvgIpc) is 3.25. The van der Waals surface area contributed by atoms with Gasteiger partial charge in [0.2, 0.25) is 0 Å². The van der Waals surface area contributed by atoms with Crippen LogP contribution >= 0.6 is 0 Å². The van der Waals surface area contributed by atoms with Gasteiger partial charge in [0.05, 0.1) is 7.11 Å². The first-order chi connectivity index (χ1) is 13.1. The van der Waals surface area contributed by atoms with Crippen LogP contribution in [0.25, 0.3) is 10.9 Å². The molecule has 1 unspecified atom stereocenters. The Morgan fingerprint density at radius 2 is 2.07 bits per heavy atom. The van der Waals surface area contributed by atoms with Gasteiger partial charge in [-0.05, 0) is 69.0 Å². The SMILES string of the molecule is COc1ccc2[nH]c(C)c(CC3CCCN3C(=O)c3cccc(C)c3)c2c1. The number of likely N-dealkylation sites (tertiary alicyclic amines) is 1. The third kappa shape index (κ3) is 3.32. The first-order valence-corrected chi connectivity index (χ1v) is 9.59. The van der Waals surface area contributed by atoms with Crippen molar-refractivity contribution in [3.63, 3.8) is 0 Å². The molecule has 4 rings (SSSR count). The van der Waals surface area contributed by atoms with Crippen molar-refractivity contribution in [1.82, 2.24) is 9.88 Å². The fourth-order valence-electron chi connectivity index (χ4n) is 4.25. The highest BCUT2D eigenvalue weighted by Gasteiger charge is 2.30. The molecule has 1 atom stereocenters. The summed E-state index contributed by atoms with van der Waals surface area (Å²) in [5.74, 6) is 1.01. The maximum absolute atomic E-state index is 13.1. The van der Waals surface area contributed by atoms with Crippen LogP contribution in [-0.2, 0) is 6.42 Å². The summed E-state index contributed by atoms with van der Waals surface area (Å²) in [6.45, 7) is 4.98. The number of benzene rings is 2. The van der Waals surface area contributed by atoms with Gasteiger partial charge in [-0.25, -0.2) is 0 Å². The van der Waals surface area contributed by atoms with Crippen molar-refractivity contribution in [3.8, 4) is 5.75 Å². The minimum Gasteiger partial charge on any atom is -0.497 e. The highest BCUT2D eigenvalue weighted by atomic mass is 16.5. The fourth-order valence-corrected chi connectivity index (χ4v) is 4.25. The van der Waals surface area contributed by atoms with Gasteiger partial charge < -0.3 is 14.6 Å². The molecule has 0 spiro atoms. The number of rotatable bonds is 4. The molecule has 2 heterocycles. The lowest BCUT2D eigenvalue weighted by molar-refractivity contribution is 0.0736. The lowest BCUT2D eigenvalue weighted by atomic mass is 10.00. The predicted octanol–water partition coefficient (Wildman–Crippen LogP) is 4.64. The van der Waals surface area contributed by atoms with E-state index in [2.05, 4.69) is 28.9 Å². The van der Waals surface area contributed by atoms with Gasteiger partial charge >= 0.3 is 0 Å². The molecule has 0 radical (unpaired) electrons. The summed E-state index contributed by atoms with van der Waals surface area (Å²) in [5, 5.41) is 1.20. The lowest BCUT2D eigenvalue weighted by Gasteiger charge is -2.25. The van der Waals surface area contributed by atoms with Crippen LogP contribution < -0.4 is 4.74 Å². The van der Waals surface area contributed by atoms with Gasteiger partial charge in [-0.1, -0.05) is 17.7 Å². The van der Waals surface area contributed by atoms with Gasteiger partial charge in [-0.15, -0.1) is 0 Å². The van der Waals surface area contributed by atoms with Gasteiger partial charge in [0.1, 0.15) is 5.75 Å². The molecule has 3 aromatic rings. The number of hydrogen-bond donors (Lipinski definition) is 1. The van der Waals surface area contributed by atoms with Gasteiger partial charge in [0.25, 0.3) is 5.91 Å². The number of H-pyrrole nitrogens is 1. The van der Waals surface area contributed by atoms with Crippen molar-refractivity contribution in [2.24, 2.45) is 0 Å². The molecule has 4 heteroatoms. The Bertz CT molecular complexity index is 989. The van der Waals surface area contributed by atoms with Crippen LogP contribution in [0.1, 0.15) is 40.0 Å². The third-order valence-electron chi connectivity index (χ3n) is 5.67. The molecule has 0 bridgehead atoms. The van der Waals surface area contributed by atoms with E-state index < -0.39 is 0 Å². The number of nitrogens with one attached hydrogen (secondary N) is 1. The molecule has 0 saturated carbocycles. The van der Waals surface area contributed by atoms with E-state index in [1.807, 2.05) is 37.3 Å². The second-order valence-electron chi connectivity index (χ2n) is 7.51. The summed E-state index contributed by atoms with van der Waals surface area (Å²) >= 11 is 0. The molecule has 1 fully saturated rings. The van der Waals surface area contributed by atoms with E-state index in [4.69, 9.17) is 4.74 Å². The quantitative estimate of drug-likeness (QED) is 0.735. The van der Waals surface area contributed by atoms with Crippen molar-refractivity contribution in [3.05, 3.63) is 64.8 Å². The van der Waals surface area contributed by atoms with Crippen molar-refractivity contribution >= 4 is 16.8 Å². The zero-order valence-electron chi connectivity index (χ0n) is 16.2. The minimum atomic E-state index is 0.149. The van der Waals surface area contributed by atoms with E-state index in [0.29, 0.717) is 0 Å². The van der Waals surface area contributed by atoms with Crippen molar-refractivity contribution < 1.29 is 9.53 Å². The van der Waals surface area contributed by atoms with Crippen LogP contribution in [0.15, 0.2) is 42.5 Å². The van der Waals surface area contributed by atoms with Gasteiger partial charge in [0, 0.05) is 34.7 Å². The van der Waals surface area contributed by atoms with Crippen LogP contribution in [0.4, 0.5) is 0 Å². The zero-order chi connectivity index (χ0) is 19.0.